The second-order valence-electron chi connectivity index (χ2n) is 8.73. The number of benzene rings is 1. The molecule has 7 nitrogen and oxygen atoms in total. The molecule has 30 heavy (non-hydrogen) atoms. The second-order valence-corrected chi connectivity index (χ2v) is 11.0. The Hall–Kier alpha value is -1.93. The number of rotatable bonds is 5. The molecule has 3 aliphatic rings. The first-order chi connectivity index (χ1) is 14.4. The Morgan fingerprint density at radius 1 is 0.933 bits per heavy atom. The third-order valence-electron chi connectivity index (χ3n) is 6.65. The van der Waals surface area contributed by atoms with Crippen LogP contribution in [0.1, 0.15) is 42.5 Å². The molecule has 1 unspecified atom stereocenters. The monoisotopic (exact) mass is 433 g/mol. The van der Waals surface area contributed by atoms with Crippen molar-refractivity contribution < 1.29 is 18.0 Å². The first-order valence-corrected chi connectivity index (χ1v) is 12.8. The molecule has 0 radical (unpaired) electrons. The summed E-state index contributed by atoms with van der Waals surface area (Å²) in [5.41, 5.74) is 0.692. The zero-order chi connectivity index (χ0) is 21.1. The highest BCUT2D eigenvalue weighted by molar-refractivity contribution is 7.91. The van der Waals surface area contributed by atoms with Crippen LogP contribution in [0.4, 0.5) is 0 Å². The average molecular weight is 434 g/mol. The van der Waals surface area contributed by atoms with Crippen LogP contribution in [0, 0.1) is 0 Å². The summed E-state index contributed by atoms with van der Waals surface area (Å²) in [6.07, 6.45) is 4.72. The van der Waals surface area contributed by atoms with E-state index >= 15 is 0 Å². The fourth-order valence-electron chi connectivity index (χ4n) is 5.03. The number of hydrogen-bond acceptors (Lipinski definition) is 5. The Bertz CT molecular complexity index is 860. The van der Waals surface area contributed by atoms with Gasteiger partial charge in [0.05, 0.1) is 18.1 Å². The Morgan fingerprint density at radius 2 is 1.60 bits per heavy atom. The molecule has 0 N–H and O–H groups in total. The first-order valence-electron chi connectivity index (χ1n) is 11.0. The van der Waals surface area contributed by atoms with Gasteiger partial charge in [0.1, 0.15) is 0 Å². The third-order valence-corrected chi connectivity index (χ3v) is 8.40. The van der Waals surface area contributed by atoms with E-state index in [9.17, 15) is 18.0 Å². The molecule has 2 aliphatic heterocycles. The van der Waals surface area contributed by atoms with Gasteiger partial charge < -0.3 is 9.80 Å². The van der Waals surface area contributed by atoms with Crippen molar-refractivity contribution >= 4 is 21.7 Å². The lowest BCUT2D eigenvalue weighted by molar-refractivity contribution is -0.137. The van der Waals surface area contributed by atoms with E-state index in [-0.39, 0.29) is 35.4 Å². The lowest BCUT2D eigenvalue weighted by Gasteiger charge is -2.38. The highest BCUT2D eigenvalue weighted by Crippen LogP contribution is 2.29. The molecular formula is C22H31N3O4S. The van der Waals surface area contributed by atoms with Crippen LogP contribution in [-0.4, -0.2) is 91.2 Å². The molecule has 1 aromatic carbocycles. The summed E-state index contributed by atoms with van der Waals surface area (Å²) < 4.78 is 24.0. The van der Waals surface area contributed by atoms with Crippen molar-refractivity contribution in [3.63, 3.8) is 0 Å². The fourth-order valence-corrected chi connectivity index (χ4v) is 6.74. The van der Waals surface area contributed by atoms with Crippen LogP contribution in [0.5, 0.6) is 0 Å². The van der Waals surface area contributed by atoms with Gasteiger partial charge in [-0.1, -0.05) is 31.0 Å². The van der Waals surface area contributed by atoms with Gasteiger partial charge in [-0.25, -0.2) is 8.42 Å². The number of nitrogens with zero attached hydrogens (tertiary/aromatic N) is 3. The summed E-state index contributed by atoms with van der Waals surface area (Å²) in [5, 5.41) is 0. The van der Waals surface area contributed by atoms with E-state index in [4.69, 9.17) is 0 Å². The van der Waals surface area contributed by atoms with Gasteiger partial charge in [-0.3, -0.25) is 14.5 Å². The van der Waals surface area contributed by atoms with E-state index in [1.54, 1.807) is 0 Å². The standard InChI is InChI=1S/C22H31N3O4S/c26-21(25(19-8-4-5-9-19)20-10-15-30(28,29)17-20)16-23-11-13-24(14-12-23)22(27)18-6-2-1-3-7-18/h1-3,6-7,19-20H,4-5,8-17H2. The van der Waals surface area contributed by atoms with E-state index in [1.165, 1.54) is 0 Å². The Morgan fingerprint density at radius 3 is 2.20 bits per heavy atom. The number of carbonyl (C=O) groups is 2. The SMILES string of the molecule is O=C(c1ccccc1)N1CCN(CC(=O)N(C2CCCC2)C2CCS(=O)(=O)C2)CC1. The molecule has 0 bridgehead atoms. The highest BCUT2D eigenvalue weighted by atomic mass is 32.2. The summed E-state index contributed by atoms with van der Waals surface area (Å²) in [5.74, 6) is 0.375. The zero-order valence-corrected chi connectivity index (χ0v) is 18.2. The van der Waals surface area contributed by atoms with Crippen LogP contribution in [0.15, 0.2) is 30.3 Å². The number of piperazine rings is 1. The molecule has 1 saturated carbocycles. The van der Waals surface area contributed by atoms with Crippen LogP contribution < -0.4 is 0 Å². The average Bonchev–Trinajstić information content (AvgIpc) is 3.39. The quantitative estimate of drug-likeness (QED) is 0.702. The fraction of sp³-hybridized carbons (Fsp3) is 0.636. The van der Waals surface area contributed by atoms with Crippen molar-refractivity contribution in [3.05, 3.63) is 35.9 Å². The number of carbonyl (C=O) groups excluding carboxylic acids is 2. The van der Waals surface area contributed by atoms with Crippen LogP contribution >= 0.6 is 0 Å². The summed E-state index contributed by atoms with van der Waals surface area (Å²) in [6, 6.07) is 9.28. The van der Waals surface area contributed by atoms with Gasteiger partial charge in [-0.15, -0.1) is 0 Å². The van der Waals surface area contributed by atoms with Crippen molar-refractivity contribution in [3.8, 4) is 0 Å². The van der Waals surface area contributed by atoms with Crippen molar-refractivity contribution in [2.24, 2.45) is 0 Å². The molecule has 3 fully saturated rings. The van der Waals surface area contributed by atoms with E-state index in [1.807, 2.05) is 40.1 Å². The van der Waals surface area contributed by atoms with Gasteiger partial charge >= 0.3 is 0 Å². The van der Waals surface area contributed by atoms with Gasteiger partial charge in [0, 0.05) is 43.8 Å². The minimum atomic E-state index is -3.03. The second kappa shape index (κ2) is 9.06. The van der Waals surface area contributed by atoms with E-state index in [0.29, 0.717) is 44.7 Å². The van der Waals surface area contributed by atoms with Crippen molar-refractivity contribution in [2.75, 3.05) is 44.2 Å². The number of sulfone groups is 1. The van der Waals surface area contributed by atoms with Crippen LogP contribution in [0.3, 0.4) is 0 Å². The molecule has 8 heteroatoms. The van der Waals surface area contributed by atoms with Crippen molar-refractivity contribution in [2.45, 2.75) is 44.2 Å². The zero-order valence-electron chi connectivity index (χ0n) is 17.4. The lowest BCUT2D eigenvalue weighted by atomic mass is 10.1. The molecule has 2 heterocycles. The van der Waals surface area contributed by atoms with Gasteiger partial charge in [0.15, 0.2) is 9.84 Å². The summed E-state index contributed by atoms with van der Waals surface area (Å²) in [6.45, 7) is 2.82. The molecule has 0 aromatic heterocycles. The molecule has 164 valence electrons. The maximum Gasteiger partial charge on any atom is 0.253 e. The van der Waals surface area contributed by atoms with E-state index < -0.39 is 9.84 Å². The molecule has 4 rings (SSSR count). The van der Waals surface area contributed by atoms with Crippen molar-refractivity contribution in [1.29, 1.82) is 0 Å². The molecule has 0 spiro atoms. The topological polar surface area (TPSA) is 78.0 Å². The summed E-state index contributed by atoms with van der Waals surface area (Å²) >= 11 is 0. The summed E-state index contributed by atoms with van der Waals surface area (Å²) in [7, 11) is -3.03. The minimum absolute atomic E-state index is 0.0327. The molecule has 1 atom stereocenters. The van der Waals surface area contributed by atoms with Gasteiger partial charge in [-0.05, 0) is 31.4 Å². The highest BCUT2D eigenvalue weighted by Gasteiger charge is 2.39. The maximum absolute atomic E-state index is 13.2. The normalized spacial score (nSPS) is 24.8. The van der Waals surface area contributed by atoms with Gasteiger partial charge in [0.2, 0.25) is 5.91 Å². The largest absolute Gasteiger partial charge is 0.336 e. The Labute approximate surface area is 178 Å². The van der Waals surface area contributed by atoms with Crippen LogP contribution in [-0.2, 0) is 14.6 Å². The minimum Gasteiger partial charge on any atom is -0.336 e. The predicted octanol–water partition coefficient (Wildman–Crippen LogP) is 1.40. The molecule has 1 aliphatic carbocycles. The lowest BCUT2D eigenvalue weighted by Crippen LogP contribution is -2.54. The van der Waals surface area contributed by atoms with E-state index in [2.05, 4.69) is 4.90 Å². The number of amides is 2. The van der Waals surface area contributed by atoms with Gasteiger partial charge in [-0.2, -0.15) is 0 Å². The van der Waals surface area contributed by atoms with Crippen LogP contribution in [0.25, 0.3) is 0 Å². The predicted molar refractivity (Wildman–Crippen MR) is 115 cm³/mol. The smallest absolute Gasteiger partial charge is 0.253 e. The van der Waals surface area contributed by atoms with Gasteiger partial charge in [0.25, 0.3) is 5.91 Å². The maximum atomic E-state index is 13.2. The Balaban J connectivity index is 1.35. The molecule has 1 aromatic rings. The van der Waals surface area contributed by atoms with E-state index in [0.717, 1.165) is 25.7 Å². The third kappa shape index (κ3) is 4.86. The first kappa shape index (κ1) is 21.3. The van der Waals surface area contributed by atoms with Crippen molar-refractivity contribution in [1.82, 2.24) is 14.7 Å². The molecular weight excluding hydrogens is 402 g/mol. The summed E-state index contributed by atoms with van der Waals surface area (Å²) in [4.78, 5) is 31.7. The number of hydrogen-bond donors (Lipinski definition) is 0. The molecule has 2 amide bonds. The molecule has 2 saturated heterocycles. The van der Waals surface area contributed by atoms with Crippen LogP contribution in [0.2, 0.25) is 0 Å². The Kier molecular flexibility index (Phi) is 6.43.